The zero-order chi connectivity index (χ0) is 14.6. The van der Waals surface area contributed by atoms with Gasteiger partial charge in [0.05, 0.1) is 5.60 Å². The molecule has 2 heterocycles. The second-order valence-corrected chi connectivity index (χ2v) is 5.34. The lowest BCUT2D eigenvalue weighted by molar-refractivity contribution is -0.0917. The van der Waals surface area contributed by atoms with Crippen LogP contribution in [0.1, 0.15) is 49.9 Å². The summed E-state index contributed by atoms with van der Waals surface area (Å²) < 4.78 is 5.89. The van der Waals surface area contributed by atoms with E-state index in [-0.39, 0.29) is 23.1 Å². The molecule has 1 aromatic heterocycles. The molecule has 5 nitrogen and oxygen atoms in total. The van der Waals surface area contributed by atoms with Crippen LogP contribution in [0.3, 0.4) is 0 Å². The monoisotopic (exact) mass is 278 g/mol. The first-order chi connectivity index (χ1) is 9.58. The molecular weight excluding hydrogens is 256 g/mol. The molecule has 1 fully saturated rings. The van der Waals surface area contributed by atoms with E-state index in [1.165, 1.54) is 12.3 Å². The first kappa shape index (κ1) is 14.8. The highest BCUT2D eigenvalue weighted by Gasteiger charge is 2.35. The quantitative estimate of drug-likeness (QED) is 0.883. The summed E-state index contributed by atoms with van der Waals surface area (Å²) in [6.07, 6.45) is 5.02. The number of pyridine rings is 1. The number of rotatable bonds is 4. The van der Waals surface area contributed by atoms with Crippen molar-refractivity contribution in [3.05, 3.63) is 34.2 Å². The summed E-state index contributed by atoms with van der Waals surface area (Å²) in [5, 5.41) is 3.01. The van der Waals surface area contributed by atoms with Gasteiger partial charge in [-0.15, -0.1) is 0 Å². The van der Waals surface area contributed by atoms with Gasteiger partial charge in [-0.25, -0.2) is 0 Å². The maximum Gasteiger partial charge on any atom is 0.251 e. The Hall–Kier alpha value is -1.62. The summed E-state index contributed by atoms with van der Waals surface area (Å²) in [7, 11) is 0. The maximum absolute atomic E-state index is 12.1. The average Bonchev–Trinajstić information content (AvgIpc) is 2.47. The highest BCUT2D eigenvalue weighted by Crippen LogP contribution is 2.31. The van der Waals surface area contributed by atoms with Crippen molar-refractivity contribution in [3.8, 4) is 0 Å². The Balaban J connectivity index is 2.03. The minimum absolute atomic E-state index is 0.107. The summed E-state index contributed by atoms with van der Waals surface area (Å²) in [6, 6.07) is 3.04. The SMILES string of the molecule is CCC1(CC)CC(NC(=O)c2cc[nH]c(=O)c2)CCO1. The van der Waals surface area contributed by atoms with Crippen molar-refractivity contribution in [3.63, 3.8) is 0 Å². The molecule has 1 amide bonds. The van der Waals surface area contributed by atoms with E-state index in [1.54, 1.807) is 6.07 Å². The van der Waals surface area contributed by atoms with Crippen molar-refractivity contribution in [2.24, 2.45) is 0 Å². The van der Waals surface area contributed by atoms with Gasteiger partial charge in [-0.2, -0.15) is 0 Å². The largest absolute Gasteiger partial charge is 0.375 e. The third kappa shape index (κ3) is 3.28. The number of hydrogen-bond acceptors (Lipinski definition) is 3. The Morgan fingerprint density at radius 1 is 1.50 bits per heavy atom. The van der Waals surface area contributed by atoms with E-state index in [0.29, 0.717) is 12.2 Å². The highest BCUT2D eigenvalue weighted by atomic mass is 16.5. The third-order valence-electron chi connectivity index (χ3n) is 4.15. The maximum atomic E-state index is 12.1. The van der Waals surface area contributed by atoms with Gasteiger partial charge in [0.1, 0.15) is 0 Å². The molecule has 5 heteroatoms. The molecule has 0 radical (unpaired) electrons. The van der Waals surface area contributed by atoms with Crippen LogP contribution in [0.5, 0.6) is 0 Å². The zero-order valence-corrected chi connectivity index (χ0v) is 12.1. The summed E-state index contributed by atoms with van der Waals surface area (Å²) in [5.41, 5.74) is 0.0181. The van der Waals surface area contributed by atoms with Crippen LogP contribution in [0.15, 0.2) is 23.1 Å². The van der Waals surface area contributed by atoms with Gasteiger partial charge in [0.25, 0.3) is 5.91 Å². The van der Waals surface area contributed by atoms with Crippen LogP contribution in [-0.2, 0) is 4.74 Å². The van der Waals surface area contributed by atoms with Gasteiger partial charge in [-0.1, -0.05) is 13.8 Å². The molecule has 1 unspecified atom stereocenters. The predicted octanol–water partition coefficient (Wildman–Crippen LogP) is 1.84. The van der Waals surface area contributed by atoms with Gasteiger partial charge in [-0.05, 0) is 31.7 Å². The summed E-state index contributed by atoms with van der Waals surface area (Å²) >= 11 is 0. The molecule has 2 N–H and O–H groups in total. The molecule has 0 saturated carbocycles. The zero-order valence-electron chi connectivity index (χ0n) is 12.1. The van der Waals surface area contributed by atoms with Crippen LogP contribution in [0.2, 0.25) is 0 Å². The van der Waals surface area contributed by atoms with Crippen molar-refractivity contribution < 1.29 is 9.53 Å². The molecule has 1 aliphatic rings. The predicted molar refractivity (Wildman–Crippen MR) is 76.8 cm³/mol. The van der Waals surface area contributed by atoms with Crippen molar-refractivity contribution >= 4 is 5.91 Å². The molecular formula is C15H22N2O3. The van der Waals surface area contributed by atoms with E-state index in [9.17, 15) is 9.59 Å². The van der Waals surface area contributed by atoms with Crippen molar-refractivity contribution in [1.29, 1.82) is 0 Å². The van der Waals surface area contributed by atoms with Crippen molar-refractivity contribution in [1.82, 2.24) is 10.3 Å². The van der Waals surface area contributed by atoms with E-state index in [1.807, 2.05) is 0 Å². The van der Waals surface area contributed by atoms with Gasteiger partial charge in [0.2, 0.25) is 5.56 Å². The molecule has 20 heavy (non-hydrogen) atoms. The van der Waals surface area contributed by atoms with E-state index in [0.717, 1.165) is 25.7 Å². The number of H-pyrrole nitrogens is 1. The number of carbonyl (C=O) groups is 1. The summed E-state index contributed by atoms with van der Waals surface area (Å²) in [6.45, 7) is 4.90. The topological polar surface area (TPSA) is 71.2 Å². The van der Waals surface area contributed by atoms with Gasteiger partial charge in [-0.3, -0.25) is 9.59 Å². The first-order valence-corrected chi connectivity index (χ1v) is 7.22. The fourth-order valence-electron chi connectivity index (χ4n) is 2.75. The molecule has 0 spiro atoms. The molecule has 0 bridgehead atoms. The number of amides is 1. The lowest BCUT2D eigenvalue weighted by atomic mass is 9.86. The van der Waals surface area contributed by atoms with Gasteiger partial charge in [0, 0.05) is 30.5 Å². The Bertz CT molecular complexity index is 520. The van der Waals surface area contributed by atoms with Crippen LogP contribution < -0.4 is 10.9 Å². The minimum Gasteiger partial charge on any atom is -0.375 e. The number of carbonyl (C=O) groups excluding carboxylic acids is 1. The number of hydrogen-bond donors (Lipinski definition) is 2. The highest BCUT2D eigenvalue weighted by molar-refractivity contribution is 5.94. The third-order valence-corrected chi connectivity index (χ3v) is 4.15. The van der Waals surface area contributed by atoms with E-state index >= 15 is 0 Å². The Morgan fingerprint density at radius 2 is 2.25 bits per heavy atom. The van der Waals surface area contributed by atoms with E-state index < -0.39 is 0 Å². The van der Waals surface area contributed by atoms with Crippen molar-refractivity contribution in [2.75, 3.05) is 6.61 Å². The Kier molecular flexibility index (Phi) is 4.60. The molecule has 0 aliphatic carbocycles. The van der Waals surface area contributed by atoms with Crippen LogP contribution in [0.25, 0.3) is 0 Å². The lowest BCUT2D eigenvalue weighted by Crippen LogP contribution is -2.48. The molecule has 1 atom stereocenters. The standard InChI is InChI=1S/C15H22N2O3/c1-3-15(4-2)10-12(6-8-20-15)17-14(19)11-5-7-16-13(18)9-11/h5,7,9,12H,3-4,6,8,10H2,1-2H3,(H,16,18)(H,17,19). The van der Waals surface area contributed by atoms with E-state index in [2.05, 4.69) is 24.1 Å². The van der Waals surface area contributed by atoms with Crippen molar-refractivity contribution in [2.45, 2.75) is 51.2 Å². The number of aromatic amines is 1. The minimum atomic E-state index is -0.263. The van der Waals surface area contributed by atoms with Crippen LogP contribution >= 0.6 is 0 Å². The summed E-state index contributed by atoms with van der Waals surface area (Å²) in [4.78, 5) is 25.9. The first-order valence-electron chi connectivity index (χ1n) is 7.22. The number of aromatic nitrogens is 1. The Labute approximate surface area is 118 Å². The molecule has 0 aromatic carbocycles. The molecule has 2 rings (SSSR count). The van der Waals surface area contributed by atoms with Gasteiger partial charge >= 0.3 is 0 Å². The van der Waals surface area contributed by atoms with Crippen LogP contribution in [0, 0.1) is 0 Å². The second kappa shape index (κ2) is 6.22. The number of ether oxygens (including phenoxy) is 1. The fraction of sp³-hybridized carbons (Fsp3) is 0.600. The van der Waals surface area contributed by atoms with Gasteiger partial charge in [0.15, 0.2) is 0 Å². The molecule has 1 aliphatic heterocycles. The van der Waals surface area contributed by atoms with Crippen LogP contribution in [0.4, 0.5) is 0 Å². The van der Waals surface area contributed by atoms with E-state index in [4.69, 9.17) is 4.74 Å². The van der Waals surface area contributed by atoms with Gasteiger partial charge < -0.3 is 15.0 Å². The fourth-order valence-corrected chi connectivity index (χ4v) is 2.75. The Morgan fingerprint density at radius 3 is 2.90 bits per heavy atom. The van der Waals surface area contributed by atoms with Crippen LogP contribution in [-0.4, -0.2) is 29.1 Å². The average molecular weight is 278 g/mol. The lowest BCUT2D eigenvalue weighted by Gasteiger charge is -2.40. The molecule has 1 saturated heterocycles. The second-order valence-electron chi connectivity index (χ2n) is 5.34. The normalized spacial score (nSPS) is 21.4. The number of nitrogens with one attached hydrogen (secondary N) is 2. The summed E-state index contributed by atoms with van der Waals surface area (Å²) in [5.74, 6) is -0.191. The smallest absolute Gasteiger partial charge is 0.251 e. The molecule has 110 valence electrons. The molecule has 1 aromatic rings.